The first-order chi connectivity index (χ1) is 11.1. The third-order valence-electron chi connectivity index (χ3n) is 4.38. The summed E-state index contributed by atoms with van der Waals surface area (Å²) in [6.07, 6.45) is 3.78. The van der Waals surface area contributed by atoms with Crippen LogP contribution in [-0.4, -0.2) is 41.1 Å². The van der Waals surface area contributed by atoms with E-state index in [0.717, 1.165) is 45.0 Å². The largest absolute Gasteiger partial charge is 0.381 e. The summed E-state index contributed by atoms with van der Waals surface area (Å²) in [5, 5.41) is 0.426. The van der Waals surface area contributed by atoms with Crippen LogP contribution in [-0.2, 0) is 16.1 Å². The molecule has 1 amide bonds. The van der Waals surface area contributed by atoms with Gasteiger partial charge in [-0.1, -0.05) is 6.07 Å². The number of thioether (sulfide) groups is 1. The smallest absolute Gasteiger partial charge is 0.236 e. The Kier molecular flexibility index (Phi) is 5.54. The van der Waals surface area contributed by atoms with E-state index in [1.165, 1.54) is 12.1 Å². The number of hydrogen-bond acceptors (Lipinski definition) is 3. The number of nitrogens with zero attached hydrogens (tertiary/aromatic N) is 1. The fraction of sp³-hybridized carbons (Fsp3) is 0.588. The SMILES string of the molecule is O=C1C(SC2CCOCC2)CCCN1Cc1ccc(F)cc1F. The molecule has 2 aliphatic heterocycles. The molecule has 2 fully saturated rings. The predicted molar refractivity (Wildman–Crippen MR) is 86.2 cm³/mol. The molecule has 0 bridgehead atoms. The second-order valence-corrected chi connectivity index (χ2v) is 7.58. The summed E-state index contributed by atoms with van der Waals surface area (Å²) in [6, 6.07) is 3.53. The number of hydrogen-bond donors (Lipinski definition) is 0. The number of carbonyl (C=O) groups is 1. The molecule has 1 unspecified atom stereocenters. The average molecular weight is 341 g/mol. The number of likely N-dealkylation sites (tertiary alicyclic amines) is 1. The number of benzene rings is 1. The first-order valence-electron chi connectivity index (χ1n) is 8.09. The van der Waals surface area contributed by atoms with E-state index in [1.807, 2.05) is 0 Å². The van der Waals surface area contributed by atoms with Crippen molar-refractivity contribution in [2.45, 2.75) is 42.7 Å². The summed E-state index contributed by atoms with van der Waals surface area (Å²) < 4.78 is 32.2. The van der Waals surface area contributed by atoms with E-state index in [4.69, 9.17) is 4.74 Å². The van der Waals surface area contributed by atoms with Crippen LogP contribution in [0.25, 0.3) is 0 Å². The van der Waals surface area contributed by atoms with Gasteiger partial charge in [0.1, 0.15) is 11.6 Å². The van der Waals surface area contributed by atoms with Crippen LogP contribution in [0.2, 0.25) is 0 Å². The first-order valence-corrected chi connectivity index (χ1v) is 9.03. The maximum absolute atomic E-state index is 13.8. The molecule has 2 aliphatic rings. The highest BCUT2D eigenvalue weighted by Gasteiger charge is 2.32. The van der Waals surface area contributed by atoms with Crippen molar-refractivity contribution in [1.82, 2.24) is 4.90 Å². The van der Waals surface area contributed by atoms with Gasteiger partial charge in [0.15, 0.2) is 0 Å². The zero-order valence-electron chi connectivity index (χ0n) is 13.0. The van der Waals surface area contributed by atoms with Crippen molar-refractivity contribution in [3.63, 3.8) is 0 Å². The third-order valence-corrected chi connectivity index (χ3v) is 6.00. The minimum absolute atomic E-state index is 0.0460. The topological polar surface area (TPSA) is 29.5 Å². The minimum atomic E-state index is -0.593. The van der Waals surface area contributed by atoms with Gasteiger partial charge in [0, 0.05) is 43.2 Å². The molecule has 23 heavy (non-hydrogen) atoms. The van der Waals surface area contributed by atoms with Crippen molar-refractivity contribution in [3.05, 3.63) is 35.4 Å². The third kappa shape index (κ3) is 4.23. The summed E-state index contributed by atoms with van der Waals surface area (Å²) in [4.78, 5) is 14.4. The van der Waals surface area contributed by atoms with Crippen LogP contribution in [0.3, 0.4) is 0 Å². The molecular formula is C17H21F2NO2S. The Hall–Kier alpha value is -1.14. The molecule has 2 saturated heterocycles. The van der Waals surface area contributed by atoms with E-state index in [-0.39, 0.29) is 17.7 Å². The average Bonchev–Trinajstić information content (AvgIpc) is 2.54. The van der Waals surface area contributed by atoms with E-state index in [9.17, 15) is 13.6 Å². The van der Waals surface area contributed by atoms with Crippen molar-refractivity contribution < 1.29 is 18.3 Å². The van der Waals surface area contributed by atoms with E-state index in [1.54, 1.807) is 16.7 Å². The lowest BCUT2D eigenvalue weighted by Crippen LogP contribution is -2.43. The van der Waals surface area contributed by atoms with Crippen LogP contribution >= 0.6 is 11.8 Å². The van der Waals surface area contributed by atoms with Crippen molar-refractivity contribution in [2.75, 3.05) is 19.8 Å². The molecule has 3 nitrogen and oxygen atoms in total. The van der Waals surface area contributed by atoms with Gasteiger partial charge < -0.3 is 9.64 Å². The molecule has 0 N–H and O–H groups in total. The van der Waals surface area contributed by atoms with Crippen LogP contribution in [0.15, 0.2) is 18.2 Å². The Morgan fingerprint density at radius 1 is 1.22 bits per heavy atom. The van der Waals surface area contributed by atoms with Crippen LogP contribution in [0, 0.1) is 11.6 Å². The number of carbonyl (C=O) groups excluding carboxylic acids is 1. The summed E-state index contributed by atoms with van der Waals surface area (Å²) in [5.74, 6) is -1.10. The van der Waals surface area contributed by atoms with Crippen LogP contribution in [0.1, 0.15) is 31.2 Å². The normalized spacial score (nSPS) is 23.3. The van der Waals surface area contributed by atoms with Gasteiger partial charge in [-0.25, -0.2) is 8.78 Å². The van der Waals surface area contributed by atoms with Crippen molar-refractivity contribution in [1.29, 1.82) is 0 Å². The molecule has 1 aromatic carbocycles. The van der Waals surface area contributed by atoms with Gasteiger partial charge in [0.2, 0.25) is 5.91 Å². The molecule has 0 aromatic heterocycles. The Balaban J connectivity index is 1.62. The van der Waals surface area contributed by atoms with Gasteiger partial charge in [-0.2, -0.15) is 0 Å². The fourth-order valence-corrected chi connectivity index (χ4v) is 4.59. The van der Waals surface area contributed by atoms with Gasteiger partial charge in [-0.15, -0.1) is 11.8 Å². The molecule has 0 saturated carbocycles. The molecule has 1 aromatic rings. The van der Waals surface area contributed by atoms with Gasteiger partial charge >= 0.3 is 0 Å². The summed E-state index contributed by atoms with van der Waals surface area (Å²) in [7, 11) is 0. The van der Waals surface area contributed by atoms with Crippen molar-refractivity contribution in [2.24, 2.45) is 0 Å². The van der Waals surface area contributed by atoms with E-state index in [2.05, 4.69) is 0 Å². The van der Waals surface area contributed by atoms with Gasteiger partial charge in [-0.05, 0) is 31.7 Å². The molecule has 3 rings (SSSR count). The second kappa shape index (κ2) is 7.62. The summed E-state index contributed by atoms with van der Waals surface area (Å²) in [5.41, 5.74) is 0.372. The lowest BCUT2D eigenvalue weighted by atomic mass is 10.1. The zero-order chi connectivity index (χ0) is 16.2. The number of amides is 1. The van der Waals surface area contributed by atoms with E-state index < -0.39 is 11.6 Å². The van der Waals surface area contributed by atoms with Crippen LogP contribution in [0.5, 0.6) is 0 Å². The fourth-order valence-electron chi connectivity index (χ4n) is 3.09. The number of halogens is 2. The standard InChI is InChI=1S/C17H21F2NO2S/c18-13-4-3-12(15(19)10-13)11-20-7-1-2-16(17(20)21)23-14-5-8-22-9-6-14/h3-4,10,14,16H,1-2,5-9,11H2. The zero-order valence-corrected chi connectivity index (χ0v) is 13.8. The number of rotatable bonds is 4. The van der Waals surface area contributed by atoms with Crippen LogP contribution < -0.4 is 0 Å². The maximum Gasteiger partial charge on any atom is 0.236 e. The molecule has 6 heteroatoms. The summed E-state index contributed by atoms with van der Waals surface area (Å²) in [6.45, 7) is 2.39. The lowest BCUT2D eigenvalue weighted by molar-refractivity contribution is -0.133. The Bertz CT molecular complexity index is 564. The van der Waals surface area contributed by atoms with Crippen molar-refractivity contribution in [3.8, 4) is 0 Å². The van der Waals surface area contributed by atoms with E-state index >= 15 is 0 Å². The quantitative estimate of drug-likeness (QED) is 0.841. The molecule has 126 valence electrons. The van der Waals surface area contributed by atoms with Crippen LogP contribution in [0.4, 0.5) is 8.78 Å². The first kappa shape index (κ1) is 16.7. The lowest BCUT2D eigenvalue weighted by Gasteiger charge is -2.34. The molecule has 1 atom stereocenters. The highest BCUT2D eigenvalue weighted by molar-refractivity contribution is 8.01. The molecule has 0 radical (unpaired) electrons. The van der Waals surface area contributed by atoms with Gasteiger partial charge in [0.05, 0.1) is 5.25 Å². The molecule has 2 heterocycles. The minimum Gasteiger partial charge on any atom is -0.381 e. The Labute approximate surface area is 139 Å². The number of ether oxygens (including phenoxy) is 1. The highest BCUT2D eigenvalue weighted by Crippen LogP contribution is 2.32. The monoisotopic (exact) mass is 341 g/mol. The highest BCUT2D eigenvalue weighted by atomic mass is 32.2. The molecule has 0 spiro atoms. The maximum atomic E-state index is 13.8. The number of piperidine rings is 1. The molecular weight excluding hydrogens is 320 g/mol. The summed E-state index contributed by atoms with van der Waals surface area (Å²) >= 11 is 1.75. The van der Waals surface area contributed by atoms with E-state index in [0.29, 0.717) is 17.4 Å². The molecule has 0 aliphatic carbocycles. The second-order valence-electron chi connectivity index (χ2n) is 6.07. The van der Waals surface area contributed by atoms with Gasteiger partial charge in [-0.3, -0.25) is 4.79 Å². The predicted octanol–water partition coefficient (Wildman–Crippen LogP) is 3.37. The Morgan fingerprint density at radius 3 is 2.74 bits per heavy atom. The van der Waals surface area contributed by atoms with Crippen molar-refractivity contribution >= 4 is 17.7 Å². The van der Waals surface area contributed by atoms with Gasteiger partial charge in [0.25, 0.3) is 0 Å². The Morgan fingerprint density at radius 2 is 2.00 bits per heavy atom.